The molecule has 0 radical (unpaired) electrons. The highest BCUT2D eigenvalue weighted by atomic mass is 35.5. The van der Waals surface area contributed by atoms with Crippen molar-refractivity contribution in [2.24, 2.45) is 0 Å². The molecule has 1 aromatic rings. The third-order valence-corrected chi connectivity index (χ3v) is 1.62. The smallest absolute Gasteiger partial charge is 0.325 e. The molecule has 0 bridgehead atoms. The van der Waals surface area contributed by atoms with Gasteiger partial charge in [0.05, 0.1) is 12.2 Å². The van der Waals surface area contributed by atoms with Crippen LogP contribution in [-0.2, 0) is 9.53 Å². The summed E-state index contributed by atoms with van der Waals surface area (Å²) in [7, 11) is 0. The molecule has 1 heterocycles. The number of nitrogens with zero attached hydrogens (tertiary/aromatic N) is 1. The van der Waals surface area contributed by atoms with Crippen LogP contribution in [0, 0.1) is 0 Å². The van der Waals surface area contributed by atoms with Crippen molar-refractivity contribution < 1.29 is 26.7 Å². The number of esters is 1. The van der Waals surface area contributed by atoms with Gasteiger partial charge in [0.1, 0.15) is 6.54 Å². The largest absolute Gasteiger partial charge is 1.00 e. The van der Waals surface area contributed by atoms with Gasteiger partial charge in [-0.1, -0.05) is 0 Å². The quantitative estimate of drug-likeness (QED) is 0.588. The summed E-state index contributed by atoms with van der Waals surface area (Å²) in [5, 5.41) is 2.43. The molecule has 0 aliphatic heterocycles. The van der Waals surface area contributed by atoms with Crippen molar-refractivity contribution in [1.29, 1.82) is 0 Å². The summed E-state index contributed by atoms with van der Waals surface area (Å²) in [6.45, 7) is 1.89. The Labute approximate surface area is 99.6 Å². The van der Waals surface area contributed by atoms with Crippen LogP contribution in [-0.4, -0.2) is 30.0 Å². The van der Waals surface area contributed by atoms with Crippen molar-refractivity contribution in [3.63, 3.8) is 0 Å². The van der Waals surface area contributed by atoms with Crippen molar-refractivity contribution in [3.05, 3.63) is 30.1 Å². The normalized spacial score (nSPS) is 8.81. The van der Waals surface area contributed by atoms with Crippen LogP contribution < -0.4 is 17.7 Å². The van der Waals surface area contributed by atoms with Crippen molar-refractivity contribution in [2.75, 3.05) is 13.2 Å². The van der Waals surface area contributed by atoms with E-state index in [1.165, 1.54) is 6.20 Å². The first-order valence-corrected chi connectivity index (χ1v) is 4.58. The number of amides is 1. The fraction of sp³-hybridized carbons (Fsp3) is 0.300. The van der Waals surface area contributed by atoms with Crippen LogP contribution in [0.4, 0.5) is 0 Å². The maximum absolute atomic E-state index is 11.4. The Morgan fingerprint density at radius 2 is 2.25 bits per heavy atom. The average Bonchev–Trinajstić information content (AvgIpc) is 2.27. The van der Waals surface area contributed by atoms with E-state index in [0.717, 1.165) is 0 Å². The minimum Gasteiger partial charge on any atom is -1.00 e. The highest BCUT2D eigenvalue weighted by molar-refractivity contribution is 5.95. The van der Waals surface area contributed by atoms with E-state index < -0.39 is 5.97 Å². The van der Waals surface area contributed by atoms with Gasteiger partial charge in [-0.2, -0.15) is 0 Å². The minimum atomic E-state index is -0.449. The molecule has 1 aromatic heterocycles. The maximum atomic E-state index is 11.4. The number of nitrogens with one attached hydrogen (secondary N) is 1. The molecule has 0 aliphatic rings. The monoisotopic (exact) mass is 243 g/mol. The summed E-state index contributed by atoms with van der Waals surface area (Å²) in [6.07, 6.45) is 3.00. The lowest BCUT2D eigenvalue weighted by atomic mass is 10.3. The zero-order chi connectivity index (χ0) is 11.1. The molecule has 0 saturated carbocycles. The summed E-state index contributed by atoms with van der Waals surface area (Å²) in [5.41, 5.74) is 0.418. The number of hydrogen-bond acceptors (Lipinski definition) is 4. The van der Waals surface area contributed by atoms with Crippen LogP contribution in [0.15, 0.2) is 24.5 Å². The zero-order valence-electron chi connectivity index (χ0n) is 8.77. The number of rotatable bonds is 4. The number of hydrogen-bond donors (Lipinski definition) is 1. The van der Waals surface area contributed by atoms with Crippen molar-refractivity contribution in [3.8, 4) is 0 Å². The predicted molar refractivity (Wildman–Crippen MR) is 53.2 cm³/mol. The summed E-state index contributed by atoms with van der Waals surface area (Å²) in [5.74, 6) is -0.786. The standard InChI is InChI=1S/C10H12N2O3.ClH/c1-2-15-9(13)7-12-10(14)8-4-3-5-11-6-8;/h3-6H,2,7H2,1H3,(H,12,14);1H/p-1. The SMILES string of the molecule is CCOC(=O)CNC(=O)c1cccnc1.[Cl-]. The van der Waals surface area contributed by atoms with Gasteiger partial charge in [-0.05, 0) is 19.1 Å². The third-order valence-electron chi connectivity index (χ3n) is 1.62. The Kier molecular flexibility index (Phi) is 6.87. The van der Waals surface area contributed by atoms with Crippen molar-refractivity contribution in [2.45, 2.75) is 6.92 Å². The first-order chi connectivity index (χ1) is 7.24. The Morgan fingerprint density at radius 1 is 1.50 bits per heavy atom. The highest BCUT2D eigenvalue weighted by Gasteiger charge is 2.07. The Hall–Kier alpha value is -1.62. The summed E-state index contributed by atoms with van der Waals surface area (Å²) >= 11 is 0. The Bertz CT molecular complexity index is 343. The van der Waals surface area contributed by atoms with Crippen molar-refractivity contribution in [1.82, 2.24) is 10.3 Å². The molecule has 5 nitrogen and oxygen atoms in total. The first-order valence-electron chi connectivity index (χ1n) is 4.58. The van der Waals surface area contributed by atoms with Crippen LogP contribution in [0.3, 0.4) is 0 Å². The molecule has 0 spiro atoms. The molecule has 0 atom stereocenters. The second-order valence-corrected chi connectivity index (χ2v) is 2.73. The molecule has 0 saturated heterocycles. The molecule has 0 aromatic carbocycles. The second kappa shape index (κ2) is 7.64. The highest BCUT2D eigenvalue weighted by Crippen LogP contribution is 1.94. The molecule has 1 N–H and O–H groups in total. The van der Waals surface area contributed by atoms with E-state index in [4.69, 9.17) is 0 Å². The number of pyridine rings is 1. The van der Waals surface area contributed by atoms with E-state index in [-0.39, 0.29) is 24.9 Å². The van der Waals surface area contributed by atoms with E-state index in [2.05, 4.69) is 15.0 Å². The number of carbonyl (C=O) groups is 2. The van der Waals surface area contributed by atoms with Gasteiger partial charge in [-0.15, -0.1) is 0 Å². The van der Waals surface area contributed by atoms with Crippen molar-refractivity contribution >= 4 is 11.9 Å². The van der Waals surface area contributed by atoms with Gasteiger partial charge in [0.2, 0.25) is 0 Å². The second-order valence-electron chi connectivity index (χ2n) is 2.73. The van der Waals surface area contributed by atoms with E-state index in [1.54, 1.807) is 25.3 Å². The lowest BCUT2D eigenvalue weighted by molar-refractivity contribution is -0.141. The van der Waals surface area contributed by atoms with E-state index in [9.17, 15) is 9.59 Å². The van der Waals surface area contributed by atoms with Crippen LogP contribution in [0.1, 0.15) is 17.3 Å². The van der Waals surface area contributed by atoms with Gasteiger partial charge in [-0.25, -0.2) is 0 Å². The topological polar surface area (TPSA) is 68.3 Å². The minimum absolute atomic E-state index is 0. The molecule has 0 unspecified atom stereocenters. The lowest BCUT2D eigenvalue weighted by Gasteiger charge is -2.04. The fourth-order valence-electron chi connectivity index (χ4n) is 0.964. The fourth-order valence-corrected chi connectivity index (χ4v) is 0.964. The molecule has 1 rings (SSSR count). The molecule has 16 heavy (non-hydrogen) atoms. The molecule has 88 valence electrons. The molecule has 1 amide bonds. The van der Waals surface area contributed by atoms with E-state index >= 15 is 0 Å². The number of halogens is 1. The van der Waals surface area contributed by atoms with Gasteiger partial charge >= 0.3 is 5.97 Å². The number of carbonyl (C=O) groups excluding carboxylic acids is 2. The summed E-state index contributed by atoms with van der Waals surface area (Å²) in [6, 6.07) is 3.27. The zero-order valence-corrected chi connectivity index (χ0v) is 9.53. The maximum Gasteiger partial charge on any atom is 0.325 e. The Morgan fingerprint density at radius 3 is 2.81 bits per heavy atom. The van der Waals surface area contributed by atoms with Gasteiger partial charge < -0.3 is 22.5 Å². The van der Waals surface area contributed by atoms with Gasteiger partial charge in [0, 0.05) is 12.4 Å². The van der Waals surface area contributed by atoms with Gasteiger partial charge in [-0.3, -0.25) is 14.6 Å². The van der Waals surface area contributed by atoms with E-state index in [1.807, 2.05) is 0 Å². The molecule has 0 fully saturated rings. The average molecular weight is 244 g/mol. The van der Waals surface area contributed by atoms with E-state index in [0.29, 0.717) is 12.2 Å². The van der Waals surface area contributed by atoms with Crippen LogP contribution in [0.25, 0.3) is 0 Å². The van der Waals surface area contributed by atoms with Crippen LogP contribution >= 0.6 is 0 Å². The van der Waals surface area contributed by atoms with Crippen LogP contribution in [0.2, 0.25) is 0 Å². The first kappa shape index (κ1) is 14.4. The third kappa shape index (κ3) is 4.75. The summed E-state index contributed by atoms with van der Waals surface area (Å²) < 4.78 is 4.66. The van der Waals surface area contributed by atoms with Gasteiger partial charge in [0.25, 0.3) is 5.91 Å². The Balaban J connectivity index is 0.00000225. The number of ether oxygens (including phenoxy) is 1. The number of aromatic nitrogens is 1. The molecular weight excluding hydrogens is 232 g/mol. The predicted octanol–water partition coefficient (Wildman–Crippen LogP) is -2.62. The molecule has 6 heteroatoms. The molecule has 0 aliphatic carbocycles. The molecular formula is C10H12ClN2O3-. The lowest BCUT2D eigenvalue weighted by Crippen LogP contribution is -3.00. The van der Waals surface area contributed by atoms with Gasteiger partial charge in [0.15, 0.2) is 0 Å². The van der Waals surface area contributed by atoms with Crippen LogP contribution in [0.5, 0.6) is 0 Å². The summed E-state index contributed by atoms with van der Waals surface area (Å²) in [4.78, 5) is 26.1.